The van der Waals surface area contributed by atoms with Crippen LogP contribution in [-0.4, -0.2) is 23.4 Å². The Labute approximate surface area is 157 Å². The zero-order valence-corrected chi connectivity index (χ0v) is 15.4. The number of rotatable bonds is 2. The number of ketones is 1. The number of aliphatic hydroxyl groups excluding tert-OH is 1. The standard InChI is InChI=1S/C21H22N2O4/c1-21(2)10-14-19(16(25)11-21)20(17-8-5-9-27-17)23(18(26)12-24)15-7-4-3-6-13(15)22-14/h3-9,20,22,24H,10-12H2,1-2H3. The summed E-state index contributed by atoms with van der Waals surface area (Å²) in [5.74, 6) is -0.00779. The summed E-state index contributed by atoms with van der Waals surface area (Å²) in [7, 11) is 0. The summed E-state index contributed by atoms with van der Waals surface area (Å²) in [6, 6.07) is 10.2. The third kappa shape index (κ3) is 2.96. The van der Waals surface area contributed by atoms with Crippen LogP contribution in [0.25, 0.3) is 0 Å². The molecule has 1 aliphatic heterocycles. The van der Waals surface area contributed by atoms with E-state index in [-0.39, 0.29) is 11.2 Å². The number of Topliss-reactive ketones (excluding diaryl/α,β-unsaturated/α-hetero) is 1. The minimum Gasteiger partial charge on any atom is -0.467 e. The Morgan fingerprint density at radius 1 is 1.26 bits per heavy atom. The number of amides is 1. The van der Waals surface area contributed by atoms with E-state index < -0.39 is 18.6 Å². The summed E-state index contributed by atoms with van der Waals surface area (Å²) in [5, 5.41) is 13.0. The molecule has 0 radical (unpaired) electrons. The van der Waals surface area contributed by atoms with E-state index in [1.165, 1.54) is 11.2 Å². The second-order valence-corrected chi connectivity index (χ2v) is 7.82. The number of benzene rings is 1. The maximum absolute atomic E-state index is 13.2. The topological polar surface area (TPSA) is 82.8 Å². The highest BCUT2D eigenvalue weighted by Crippen LogP contribution is 2.48. The maximum atomic E-state index is 13.2. The molecule has 27 heavy (non-hydrogen) atoms. The first-order valence-corrected chi connectivity index (χ1v) is 9.00. The first kappa shape index (κ1) is 17.5. The van der Waals surface area contributed by atoms with Crippen molar-refractivity contribution < 1.29 is 19.1 Å². The molecule has 6 heteroatoms. The Morgan fingerprint density at radius 2 is 2.04 bits per heavy atom. The lowest BCUT2D eigenvalue weighted by atomic mass is 9.74. The van der Waals surface area contributed by atoms with Crippen molar-refractivity contribution in [2.45, 2.75) is 32.7 Å². The quantitative estimate of drug-likeness (QED) is 0.851. The second-order valence-electron chi connectivity index (χ2n) is 7.82. The molecule has 1 aromatic heterocycles. The Kier molecular flexibility index (Phi) is 4.15. The molecule has 2 N–H and O–H groups in total. The van der Waals surface area contributed by atoms with E-state index in [9.17, 15) is 14.7 Å². The van der Waals surface area contributed by atoms with Crippen molar-refractivity contribution in [2.75, 3.05) is 16.8 Å². The van der Waals surface area contributed by atoms with E-state index in [4.69, 9.17) is 4.42 Å². The lowest BCUT2D eigenvalue weighted by Crippen LogP contribution is -2.40. The van der Waals surface area contributed by atoms with Gasteiger partial charge in [-0.05, 0) is 36.1 Å². The fraction of sp³-hybridized carbons (Fsp3) is 0.333. The Morgan fingerprint density at radius 3 is 2.74 bits per heavy atom. The smallest absolute Gasteiger partial charge is 0.253 e. The summed E-state index contributed by atoms with van der Waals surface area (Å²) in [5.41, 5.74) is 2.49. The van der Waals surface area contributed by atoms with Crippen LogP contribution in [0, 0.1) is 5.41 Å². The van der Waals surface area contributed by atoms with Crippen molar-refractivity contribution in [2.24, 2.45) is 5.41 Å². The van der Waals surface area contributed by atoms with Crippen LogP contribution in [0.15, 0.2) is 58.3 Å². The number of nitrogens with zero attached hydrogens (tertiary/aromatic N) is 1. The Balaban J connectivity index is 2.00. The fourth-order valence-electron chi connectivity index (χ4n) is 4.05. The molecule has 2 aliphatic rings. The Hall–Kier alpha value is -2.86. The summed E-state index contributed by atoms with van der Waals surface area (Å²) in [4.78, 5) is 27.4. The monoisotopic (exact) mass is 366 g/mol. The first-order valence-electron chi connectivity index (χ1n) is 9.00. The summed E-state index contributed by atoms with van der Waals surface area (Å²) >= 11 is 0. The van der Waals surface area contributed by atoms with Gasteiger partial charge in [0, 0.05) is 17.7 Å². The molecule has 6 nitrogen and oxygen atoms in total. The normalized spacial score (nSPS) is 21.2. The molecule has 0 bridgehead atoms. The number of hydrogen-bond donors (Lipinski definition) is 2. The minimum atomic E-state index is -0.714. The predicted molar refractivity (Wildman–Crippen MR) is 101 cm³/mol. The number of nitrogens with one attached hydrogen (secondary N) is 1. The van der Waals surface area contributed by atoms with Crippen molar-refractivity contribution in [3.63, 3.8) is 0 Å². The van der Waals surface area contributed by atoms with Gasteiger partial charge < -0.3 is 14.8 Å². The minimum absolute atomic E-state index is 0.0151. The van der Waals surface area contributed by atoms with Gasteiger partial charge in [0.05, 0.1) is 17.6 Å². The van der Waals surface area contributed by atoms with Gasteiger partial charge in [-0.25, -0.2) is 0 Å². The zero-order valence-electron chi connectivity index (χ0n) is 15.4. The maximum Gasteiger partial charge on any atom is 0.253 e. The molecule has 2 aromatic rings. The van der Waals surface area contributed by atoms with Crippen molar-refractivity contribution in [1.82, 2.24) is 0 Å². The van der Waals surface area contributed by atoms with E-state index in [1.54, 1.807) is 18.2 Å². The molecule has 0 saturated heterocycles. The van der Waals surface area contributed by atoms with Gasteiger partial charge in [0.1, 0.15) is 18.4 Å². The number of aliphatic hydroxyl groups is 1. The molecule has 1 atom stereocenters. The number of para-hydroxylation sites is 2. The molecule has 1 aliphatic carbocycles. The van der Waals surface area contributed by atoms with Gasteiger partial charge in [-0.2, -0.15) is 0 Å². The van der Waals surface area contributed by atoms with Gasteiger partial charge in [0.15, 0.2) is 5.78 Å². The third-order valence-corrected chi connectivity index (χ3v) is 5.12. The van der Waals surface area contributed by atoms with E-state index in [2.05, 4.69) is 19.2 Å². The lowest BCUT2D eigenvalue weighted by molar-refractivity contribution is -0.122. The van der Waals surface area contributed by atoms with E-state index in [1.807, 2.05) is 18.2 Å². The fourth-order valence-corrected chi connectivity index (χ4v) is 4.05. The van der Waals surface area contributed by atoms with Crippen LogP contribution in [0.4, 0.5) is 11.4 Å². The number of hydrogen-bond acceptors (Lipinski definition) is 5. The molecule has 1 unspecified atom stereocenters. The van der Waals surface area contributed by atoms with Crippen LogP contribution in [0.2, 0.25) is 0 Å². The van der Waals surface area contributed by atoms with Crippen molar-refractivity contribution in [3.8, 4) is 0 Å². The van der Waals surface area contributed by atoms with Crippen molar-refractivity contribution in [1.29, 1.82) is 0 Å². The van der Waals surface area contributed by atoms with Gasteiger partial charge in [-0.3, -0.25) is 14.5 Å². The summed E-state index contributed by atoms with van der Waals surface area (Å²) < 4.78 is 5.63. The average molecular weight is 366 g/mol. The molecule has 1 amide bonds. The molecule has 4 rings (SSSR count). The predicted octanol–water partition coefficient (Wildman–Crippen LogP) is 3.41. The van der Waals surface area contributed by atoms with Crippen LogP contribution in [0.3, 0.4) is 0 Å². The molecule has 2 heterocycles. The van der Waals surface area contributed by atoms with E-state index >= 15 is 0 Å². The molecule has 1 aromatic carbocycles. The van der Waals surface area contributed by atoms with E-state index in [0.717, 1.165) is 11.4 Å². The number of furan rings is 1. The molecular weight excluding hydrogens is 344 g/mol. The Bertz CT molecular complexity index is 927. The highest BCUT2D eigenvalue weighted by molar-refractivity contribution is 6.06. The van der Waals surface area contributed by atoms with Crippen LogP contribution in [0.5, 0.6) is 0 Å². The number of carbonyl (C=O) groups is 2. The third-order valence-electron chi connectivity index (χ3n) is 5.12. The summed E-state index contributed by atoms with van der Waals surface area (Å²) in [6.07, 6.45) is 2.60. The molecule has 0 fully saturated rings. The van der Waals surface area contributed by atoms with Crippen LogP contribution >= 0.6 is 0 Å². The highest BCUT2D eigenvalue weighted by atomic mass is 16.3. The van der Waals surface area contributed by atoms with Crippen molar-refractivity contribution in [3.05, 3.63) is 59.7 Å². The lowest BCUT2D eigenvalue weighted by Gasteiger charge is -2.35. The number of anilines is 2. The van der Waals surface area contributed by atoms with Crippen LogP contribution in [0.1, 0.15) is 38.5 Å². The van der Waals surface area contributed by atoms with Crippen LogP contribution < -0.4 is 10.2 Å². The SMILES string of the molecule is CC1(C)CC(=O)C2=C(C1)Nc1ccccc1N(C(=O)CO)C2c1ccco1. The first-order chi connectivity index (χ1) is 12.9. The number of fused-ring (bicyclic) bond motifs is 1. The molecule has 0 saturated carbocycles. The summed E-state index contributed by atoms with van der Waals surface area (Å²) in [6.45, 7) is 3.46. The van der Waals surface area contributed by atoms with Crippen molar-refractivity contribution >= 4 is 23.1 Å². The van der Waals surface area contributed by atoms with E-state index in [0.29, 0.717) is 29.9 Å². The van der Waals surface area contributed by atoms with Gasteiger partial charge in [0.2, 0.25) is 0 Å². The highest BCUT2D eigenvalue weighted by Gasteiger charge is 2.44. The largest absolute Gasteiger partial charge is 0.467 e. The van der Waals surface area contributed by atoms with Crippen LogP contribution in [-0.2, 0) is 9.59 Å². The molecule has 0 spiro atoms. The van der Waals surface area contributed by atoms with Gasteiger partial charge in [0.25, 0.3) is 5.91 Å². The van der Waals surface area contributed by atoms with Gasteiger partial charge in [-0.15, -0.1) is 0 Å². The molecule has 140 valence electrons. The zero-order chi connectivity index (χ0) is 19.2. The van der Waals surface area contributed by atoms with Gasteiger partial charge in [-0.1, -0.05) is 26.0 Å². The number of allylic oxidation sites excluding steroid dienone is 1. The van der Waals surface area contributed by atoms with Gasteiger partial charge >= 0.3 is 0 Å². The second kappa shape index (κ2) is 6.39. The molecular formula is C21H22N2O4. The number of carbonyl (C=O) groups excluding carboxylic acids is 2. The average Bonchev–Trinajstić information content (AvgIpc) is 3.09.